The predicted octanol–water partition coefficient (Wildman–Crippen LogP) is 11.9. The number of fused-ring (bicyclic) bond motifs is 3. The molecule has 19 heteroatoms. The van der Waals surface area contributed by atoms with Gasteiger partial charge >= 0.3 is 0 Å². The van der Waals surface area contributed by atoms with E-state index in [1.54, 1.807) is 171 Å². The number of aryl methyl sites for hydroxylation is 2. The smallest absolute Gasteiger partial charge is 0.219 e. The molecule has 0 saturated carbocycles. The summed E-state index contributed by atoms with van der Waals surface area (Å²) in [4.78, 5) is 27.4. The second-order valence-electron chi connectivity index (χ2n) is 19.7. The molecule has 0 unspecified atom stereocenters. The Labute approximate surface area is 487 Å². The molecule has 0 saturated heterocycles. The maximum Gasteiger partial charge on any atom is 0.219 e. The van der Waals surface area contributed by atoms with Crippen molar-refractivity contribution in [3.05, 3.63) is 250 Å². The van der Waals surface area contributed by atoms with Gasteiger partial charge in [-0.1, -0.05) is 66.7 Å². The largest absolute Gasteiger partial charge is 0.508 e. The summed E-state index contributed by atoms with van der Waals surface area (Å²) in [5, 5.41) is 88.9. The number of nitrogens with zero attached hydrogens (tertiary/aromatic N) is 9. The highest BCUT2D eigenvalue weighted by Gasteiger charge is 2.20. The Hall–Kier alpha value is -10.9. The lowest BCUT2D eigenvalue weighted by molar-refractivity contribution is 0.441. The summed E-state index contributed by atoms with van der Waals surface area (Å²) in [6, 6.07) is 50.8. The SMILES string of the molecule is Oc1ccc(Cc2nc3c(Br)nc(-c4ccc(O)cc4)cn3c2O)cc1.Oc1ccc(Cc2nc3c(CCc4ccccc4)nc(-c4ccc(O)cc4)cn3c2O)cc1.Oc1ccc(Cc2nc3cnc(-c4ccc(O)cc4)cn3c2O)cc1. The lowest BCUT2D eigenvalue weighted by atomic mass is 10.1. The molecule has 0 aliphatic heterocycles. The van der Waals surface area contributed by atoms with E-state index in [0.29, 0.717) is 81.4 Å². The van der Waals surface area contributed by atoms with Crippen LogP contribution in [0, 0.1) is 0 Å². The van der Waals surface area contributed by atoms with Gasteiger partial charge in [0.25, 0.3) is 0 Å². The molecule has 9 N–H and O–H groups in total. The standard InChI is InChI=1S/C27H23N3O3.C19H14BrN3O3.C19H15N3O3/c31-21-11-6-19(7-12-21)16-24-27(33)30-17-25(20-9-13-22(32)14-10-20)28-23(26(30)29-24)15-8-18-4-2-1-3-5-18;20-17-18-22-15(9-11-1-5-13(24)6-2-11)19(26)23(18)10-16(21-17)12-3-7-14(25)8-4-12;23-14-5-1-12(2-6-14)9-16-19(25)22-11-17(20-10-18(22)21-16)13-3-7-15(24)8-4-13/h1-7,9-14,17,31-33H,8,15-16H2;1-8,10,24-26H,9H2;1-8,10-11,23-25H,9H2. The number of phenolic OH excluding ortho intramolecular Hbond substituents is 6. The molecule has 84 heavy (non-hydrogen) atoms. The number of aromatic nitrogens is 9. The fourth-order valence-electron chi connectivity index (χ4n) is 9.36. The van der Waals surface area contributed by atoms with Gasteiger partial charge in [0.2, 0.25) is 17.6 Å². The number of halogens is 1. The van der Waals surface area contributed by atoms with E-state index in [1.807, 2.05) is 30.3 Å². The molecule has 0 aliphatic rings. The normalized spacial score (nSPS) is 11.1. The monoisotopic (exact) mass is 1180 g/mol. The van der Waals surface area contributed by atoms with Crippen LogP contribution < -0.4 is 0 Å². The van der Waals surface area contributed by atoms with Crippen molar-refractivity contribution >= 4 is 32.9 Å². The first kappa shape index (κ1) is 55.0. The second-order valence-corrected chi connectivity index (χ2v) is 20.4. The van der Waals surface area contributed by atoms with Crippen LogP contribution in [-0.4, -0.2) is 89.1 Å². The Kier molecular flexibility index (Phi) is 15.7. The molecule has 13 rings (SSSR count). The number of hydrogen-bond donors (Lipinski definition) is 9. The summed E-state index contributed by atoms with van der Waals surface area (Å²) >= 11 is 3.41. The van der Waals surface area contributed by atoms with Crippen molar-refractivity contribution in [2.75, 3.05) is 0 Å². The van der Waals surface area contributed by atoms with Crippen LogP contribution in [-0.2, 0) is 32.1 Å². The van der Waals surface area contributed by atoms with E-state index in [1.165, 1.54) is 5.56 Å². The highest BCUT2D eigenvalue weighted by atomic mass is 79.9. The number of phenols is 6. The van der Waals surface area contributed by atoms with Crippen molar-refractivity contribution in [1.82, 2.24) is 43.1 Å². The molecule has 0 fully saturated rings. The highest BCUT2D eigenvalue weighted by molar-refractivity contribution is 9.10. The van der Waals surface area contributed by atoms with E-state index in [2.05, 4.69) is 48.0 Å². The van der Waals surface area contributed by atoms with Crippen LogP contribution in [0.2, 0.25) is 0 Å². The van der Waals surface area contributed by atoms with E-state index in [4.69, 9.17) is 9.97 Å². The van der Waals surface area contributed by atoms with E-state index in [0.717, 1.165) is 45.5 Å². The molecule has 0 spiro atoms. The molecule has 0 bridgehead atoms. The second kappa shape index (κ2) is 24.0. The molecule has 6 aromatic heterocycles. The quantitative estimate of drug-likeness (QED) is 0.0550. The zero-order valence-electron chi connectivity index (χ0n) is 44.5. The molecule has 13 aromatic rings. The van der Waals surface area contributed by atoms with Gasteiger partial charge in [-0.2, -0.15) is 0 Å². The van der Waals surface area contributed by atoms with E-state index >= 15 is 0 Å². The maximum atomic E-state index is 11.0. The van der Waals surface area contributed by atoms with Crippen LogP contribution in [0.1, 0.15) is 45.0 Å². The number of imidazole rings is 3. The molecule has 6 heterocycles. The summed E-state index contributed by atoms with van der Waals surface area (Å²) in [6.07, 6.45) is 9.55. The highest BCUT2D eigenvalue weighted by Crippen LogP contribution is 2.33. The zero-order chi connectivity index (χ0) is 58.4. The van der Waals surface area contributed by atoms with Crippen molar-refractivity contribution in [3.8, 4) is 85.9 Å². The topological polar surface area (TPSA) is 273 Å². The molecule has 418 valence electrons. The lowest BCUT2D eigenvalue weighted by Crippen LogP contribution is -2.01. The van der Waals surface area contributed by atoms with Gasteiger partial charge in [0.05, 0.1) is 29.0 Å². The Bertz CT molecular complexity index is 4430. The van der Waals surface area contributed by atoms with Gasteiger partial charge in [0.1, 0.15) is 56.2 Å². The molecule has 0 atom stereocenters. The Morgan fingerprint density at radius 1 is 0.321 bits per heavy atom. The van der Waals surface area contributed by atoms with Crippen LogP contribution in [0.15, 0.2) is 205 Å². The summed E-state index contributed by atoms with van der Waals surface area (Å²) in [7, 11) is 0. The van der Waals surface area contributed by atoms with Gasteiger partial charge in [0.15, 0.2) is 16.9 Å². The van der Waals surface area contributed by atoms with Gasteiger partial charge < -0.3 is 46.0 Å². The first-order valence-electron chi connectivity index (χ1n) is 26.4. The molecule has 0 radical (unpaired) electrons. The fourth-order valence-corrected chi connectivity index (χ4v) is 9.83. The minimum absolute atomic E-state index is 0.0382. The summed E-state index contributed by atoms with van der Waals surface area (Å²) in [5.74, 6) is 1.31. The van der Waals surface area contributed by atoms with Gasteiger partial charge in [0, 0.05) is 54.5 Å². The average molecular weight is 1180 g/mol. The lowest BCUT2D eigenvalue weighted by Gasteiger charge is -2.08. The fraction of sp³-hybridized carbons (Fsp3) is 0.0769. The molecule has 18 nitrogen and oxygen atoms in total. The first-order valence-corrected chi connectivity index (χ1v) is 27.2. The van der Waals surface area contributed by atoms with Gasteiger partial charge in [-0.15, -0.1) is 0 Å². The number of rotatable bonds is 12. The van der Waals surface area contributed by atoms with Crippen LogP contribution in [0.5, 0.6) is 52.1 Å². The zero-order valence-corrected chi connectivity index (χ0v) is 46.1. The van der Waals surface area contributed by atoms with Crippen molar-refractivity contribution < 1.29 is 46.0 Å². The number of hydrogen-bond acceptors (Lipinski definition) is 15. The summed E-state index contributed by atoms with van der Waals surface area (Å²) in [5.41, 5.74) is 12.5. The third-order valence-corrected chi connectivity index (χ3v) is 14.3. The van der Waals surface area contributed by atoms with Crippen LogP contribution in [0.25, 0.3) is 50.7 Å². The number of benzene rings is 7. The molecule has 7 aromatic carbocycles. The number of aromatic hydroxyl groups is 9. The molecular formula is C65H52BrN9O9. The Balaban J connectivity index is 0.000000133. The maximum absolute atomic E-state index is 11.0. The van der Waals surface area contributed by atoms with Gasteiger partial charge in [-0.3, -0.25) is 18.2 Å². The Morgan fingerprint density at radius 2 is 0.690 bits per heavy atom. The predicted molar refractivity (Wildman–Crippen MR) is 320 cm³/mol. The summed E-state index contributed by atoms with van der Waals surface area (Å²) in [6.45, 7) is 0. The van der Waals surface area contributed by atoms with Crippen molar-refractivity contribution in [3.63, 3.8) is 0 Å². The van der Waals surface area contributed by atoms with Crippen molar-refractivity contribution in [2.24, 2.45) is 0 Å². The minimum Gasteiger partial charge on any atom is -0.508 e. The van der Waals surface area contributed by atoms with Gasteiger partial charge in [-0.25, -0.2) is 24.9 Å². The minimum atomic E-state index is 0.0382. The van der Waals surface area contributed by atoms with Crippen LogP contribution in [0.3, 0.4) is 0 Å². The Morgan fingerprint density at radius 3 is 1.15 bits per heavy atom. The van der Waals surface area contributed by atoms with Crippen LogP contribution >= 0.6 is 15.9 Å². The van der Waals surface area contributed by atoms with E-state index in [9.17, 15) is 46.0 Å². The van der Waals surface area contributed by atoms with E-state index in [-0.39, 0.29) is 52.1 Å². The molecule has 0 aliphatic carbocycles. The first-order chi connectivity index (χ1) is 40.7. The third-order valence-electron chi connectivity index (χ3n) is 13.8. The third kappa shape index (κ3) is 12.5. The average Bonchev–Trinajstić information content (AvgIpc) is 2.60. The van der Waals surface area contributed by atoms with Crippen molar-refractivity contribution in [1.29, 1.82) is 0 Å². The molecule has 0 amide bonds. The van der Waals surface area contributed by atoms with Crippen LogP contribution in [0.4, 0.5) is 0 Å². The summed E-state index contributed by atoms with van der Waals surface area (Å²) < 4.78 is 5.36. The van der Waals surface area contributed by atoms with Gasteiger partial charge in [-0.05, 0) is 160 Å². The molecular weight excluding hydrogens is 1130 g/mol. The van der Waals surface area contributed by atoms with Crippen molar-refractivity contribution in [2.45, 2.75) is 32.1 Å². The van der Waals surface area contributed by atoms with E-state index < -0.39 is 0 Å².